The number of hydrogen-bond donors (Lipinski definition) is 2. The van der Waals surface area contributed by atoms with Crippen LogP contribution in [0.15, 0.2) is 28.9 Å². The fraction of sp³-hybridized carbons (Fsp3) is 0.704. The summed E-state index contributed by atoms with van der Waals surface area (Å²) in [7, 11) is 1.50. The second-order valence-corrected chi connectivity index (χ2v) is 10.9. The van der Waals surface area contributed by atoms with Crippen LogP contribution in [0.3, 0.4) is 0 Å². The van der Waals surface area contributed by atoms with Gasteiger partial charge in [-0.2, -0.15) is 0 Å². The molecular formula is C27H41NO5. The molecule has 0 spiro atoms. The van der Waals surface area contributed by atoms with Crippen LogP contribution in [0.5, 0.6) is 0 Å². The van der Waals surface area contributed by atoms with Crippen LogP contribution in [0.25, 0.3) is 0 Å². The third kappa shape index (κ3) is 4.91. The number of carboxylic acid groups (broad SMARTS) is 1. The lowest BCUT2D eigenvalue weighted by Crippen LogP contribution is -2.53. The van der Waals surface area contributed by atoms with E-state index in [2.05, 4.69) is 25.7 Å². The van der Waals surface area contributed by atoms with Gasteiger partial charge < -0.3 is 14.3 Å². The Hall–Kier alpha value is -2.08. The zero-order valence-electron chi connectivity index (χ0n) is 20.9. The number of nitrogens with one attached hydrogen (secondary N) is 1. The van der Waals surface area contributed by atoms with Crippen LogP contribution in [0, 0.1) is 28.6 Å². The number of carbonyl (C=O) groups excluding carboxylic acids is 1. The highest BCUT2D eigenvalue weighted by Gasteiger charge is 2.57. The Morgan fingerprint density at radius 3 is 2.70 bits per heavy atom. The molecule has 2 fully saturated rings. The van der Waals surface area contributed by atoms with Crippen molar-refractivity contribution in [3.8, 4) is 0 Å². The Morgan fingerprint density at radius 1 is 1.33 bits per heavy atom. The second-order valence-electron chi connectivity index (χ2n) is 10.9. The summed E-state index contributed by atoms with van der Waals surface area (Å²) in [5.41, 5.74) is 1.98. The summed E-state index contributed by atoms with van der Waals surface area (Å²) < 4.78 is 11.0. The molecule has 0 bridgehead atoms. The van der Waals surface area contributed by atoms with Gasteiger partial charge in [0.15, 0.2) is 0 Å². The predicted molar refractivity (Wildman–Crippen MR) is 128 cm³/mol. The standard InChI is InChI=1S/C27H41NO5/c1-17(2)23(24(29)30)28-16-21-19(12-15-33-21)9-10-20-18(3)8-11-22-26(20,4)13-7-14-27(22,5)25(31)32-6/h12,15,17,20,22-23,28H,3,7-11,13-14,16H2,1-2,4-6H3,(H,29,30)/t20-,22+,23?,26+,27-/m0/s1. The molecule has 2 N–H and O–H groups in total. The van der Waals surface area contributed by atoms with E-state index in [9.17, 15) is 14.7 Å². The van der Waals surface area contributed by atoms with Crippen LogP contribution < -0.4 is 5.32 Å². The number of aliphatic carboxylic acids is 1. The van der Waals surface area contributed by atoms with Crippen molar-refractivity contribution in [2.24, 2.45) is 28.6 Å². The van der Waals surface area contributed by atoms with Crippen LogP contribution >= 0.6 is 0 Å². The molecular weight excluding hydrogens is 418 g/mol. The van der Waals surface area contributed by atoms with E-state index >= 15 is 0 Å². The molecule has 6 heteroatoms. The Bertz CT molecular complexity index is 874. The van der Waals surface area contributed by atoms with Crippen molar-refractivity contribution in [3.63, 3.8) is 0 Å². The lowest BCUT2D eigenvalue weighted by Gasteiger charge is -2.57. The molecule has 184 valence electrons. The molecule has 2 aliphatic carbocycles. The minimum atomic E-state index is -0.846. The zero-order valence-corrected chi connectivity index (χ0v) is 20.9. The zero-order chi connectivity index (χ0) is 24.4. The van der Waals surface area contributed by atoms with Gasteiger partial charge in [-0.05, 0) is 80.2 Å². The normalized spacial score (nSPS) is 30.7. The highest BCUT2D eigenvalue weighted by molar-refractivity contribution is 5.77. The van der Waals surface area contributed by atoms with Gasteiger partial charge in [0.1, 0.15) is 11.8 Å². The summed E-state index contributed by atoms with van der Waals surface area (Å²) in [6, 6.07) is 1.38. The van der Waals surface area contributed by atoms with Crippen LogP contribution in [0.4, 0.5) is 0 Å². The van der Waals surface area contributed by atoms with E-state index in [1.54, 1.807) is 6.26 Å². The number of methoxy groups -OCH3 is 1. The van der Waals surface area contributed by atoms with E-state index in [1.165, 1.54) is 12.7 Å². The molecule has 0 aliphatic heterocycles. The average molecular weight is 460 g/mol. The van der Waals surface area contributed by atoms with Crippen LogP contribution in [0.1, 0.15) is 77.5 Å². The fourth-order valence-electron chi connectivity index (χ4n) is 6.82. The Balaban J connectivity index is 1.74. The van der Waals surface area contributed by atoms with E-state index in [4.69, 9.17) is 9.15 Å². The number of allylic oxidation sites excluding steroid dienone is 1. The van der Waals surface area contributed by atoms with Crippen molar-refractivity contribution < 1.29 is 23.8 Å². The maximum Gasteiger partial charge on any atom is 0.320 e. The Kier molecular flexibility index (Phi) is 7.77. The van der Waals surface area contributed by atoms with Gasteiger partial charge in [0, 0.05) is 0 Å². The Labute approximate surface area is 198 Å². The number of esters is 1. The molecule has 5 atom stereocenters. The van der Waals surface area contributed by atoms with Gasteiger partial charge in [0.2, 0.25) is 0 Å². The summed E-state index contributed by atoms with van der Waals surface area (Å²) in [5.74, 6) is 0.479. The number of fused-ring (bicyclic) bond motifs is 1. The number of carboxylic acids is 1. The first kappa shape index (κ1) is 25.5. The largest absolute Gasteiger partial charge is 0.480 e. The SMILES string of the molecule is C=C1CC[C@@H]2[C@](C)(CCC[C@]2(C)C(=O)OC)[C@H]1CCc1ccoc1CNC(C(=O)O)C(C)C. The maximum atomic E-state index is 12.8. The van der Waals surface area contributed by atoms with Crippen molar-refractivity contribution in [1.82, 2.24) is 5.32 Å². The average Bonchev–Trinajstić information content (AvgIpc) is 3.19. The molecule has 0 saturated heterocycles. The lowest BCUT2D eigenvalue weighted by molar-refractivity contribution is -0.168. The summed E-state index contributed by atoms with van der Waals surface area (Å²) >= 11 is 0. The first-order valence-electron chi connectivity index (χ1n) is 12.3. The van der Waals surface area contributed by atoms with Gasteiger partial charge in [-0.15, -0.1) is 0 Å². The molecule has 2 saturated carbocycles. The molecule has 0 aromatic carbocycles. The molecule has 2 aliphatic rings. The lowest BCUT2D eigenvalue weighted by atomic mass is 9.46. The van der Waals surface area contributed by atoms with Crippen molar-refractivity contribution >= 4 is 11.9 Å². The summed E-state index contributed by atoms with van der Waals surface area (Å²) in [6.07, 6.45) is 8.42. The number of carbonyl (C=O) groups is 2. The van der Waals surface area contributed by atoms with E-state index in [0.717, 1.165) is 56.3 Å². The smallest absolute Gasteiger partial charge is 0.320 e. The number of rotatable bonds is 9. The van der Waals surface area contributed by atoms with Crippen molar-refractivity contribution in [3.05, 3.63) is 35.8 Å². The third-order valence-electron chi connectivity index (χ3n) is 8.63. The third-order valence-corrected chi connectivity index (χ3v) is 8.63. The number of hydrogen-bond acceptors (Lipinski definition) is 5. The van der Waals surface area contributed by atoms with Gasteiger partial charge in [-0.1, -0.05) is 39.3 Å². The number of furan rings is 1. The fourth-order valence-corrected chi connectivity index (χ4v) is 6.82. The van der Waals surface area contributed by atoms with E-state index in [-0.39, 0.29) is 23.2 Å². The van der Waals surface area contributed by atoms with Gasteiger partial charge in [-0.3, -0.25) is 14.9 Å². The predicted octanol–water partition coefficient (Wildman–Crippen LogP) is 5.36. The number of ether oxygens (including phenoxy) is 1. The summed E-state index contributed by atoms with van der Waals surface area (Å²) in [5, 5.41) is 12.6. The van der Waals surface area contributed by atoms with Crippen molar-refractivity contribution in [1.29, 1.82) is 0 Å². The molecule has 1 heterocycles. The van der Waals surface area contributed by atoms with Crippen molar-refractivity contribution in [2.75, 3.05) is 7.11 Å². The van der Waals surface area contributed by atoms with Crippen molar-refractivity contribution in [2.45, 2.75) is 85.2 Å². The minimum absolute atomic E-state index is 0.0150. The van der Waals surface area contributed by atoms with Gasteiger partial charge in [0.25, 0.3) is 0 Å². The Morgan fingerprint density at radius 2 is 2.06 bits per heavy atom. The topological polar surface area (TPSA) is 88.8 Å². The summed E-state index contributed by atoms with van der Waals surface area (Å²) in [4.78, 5) is 24.3. The van der Waals surface area contributed by atoms with E-state index in [1.807, 2.05) is 19.9 Å². The molecule has 33 heavy (non-hydrogen) atoms. The molecule has 0 radical (unpaired) electrons. The first-order chi connectivity index (χ1) is 15.5. The molecule has 1 unspecified atom stereocenters. The second kappa shape index (κ2) is 10.0. The summed E-state index contributed by atoms with van der Waals surface area (Å²) in [6.45, 7) is 13.1. The molecule has 0 amide bonds. The van der Waals surface area contributed by atoms with E-state index < -0.39 is 17.4 Å². The minimum Gasteiger partial charge on any atom is -0.480 e. The van der Waals surface area contributed by atoms with Crippen LogP contribution in [-0.2, 0) is 27.3 Å². The number of aryl methyl sites for hydroxylation is 1. The van der Waals surface area contributed by atoms with E-state index in [0.29, 0.717) is 12.5 Å². The highest BCUT2D eigenvalue weighted by atomic mass is 16.5. The quantitative estimate of drug-likeness (QED) is 0.382. The highest BCUT2D eigenvalue weighted by Crippen LogP contribution is 2.62. The maximum absolute atomic E-state index is 12.8. The van der Waals surface area contributed by atoms with Crippen LogP contribution in [-0.4, -0.2) is 30.2 Å². The molecule has 3 rings (SSSR count). The molecule has 6 nitrogen and oxygen atoms in total. The van der Waals surface area contributed by atoms with Gasteiger partial charge >= 0.3 is 11.9 Å². The van der Waals surface area contributed by atoms with Gasteiger partial charge in [0.05, 0.1) is 25.3 Å². The molecule has 1 aromatic heterocycles. The monoisotopic (exact) mass is 459 g/mol. The van der Waals surface area contributed by atoms with Crippen LogP contribution in [0.2, 0.25) is 0 Å². The molecule has 1 aromatic rings. The van der Waals surface area contributed by atoms with Gasteiger partial charge in [-0.25, -0.2) is 0 Å². The first-order valence-corrected chi connectivity index (χ1v) is 12.3.